The Hall–Kier alpha value is -2.35. The fourth-order valence-corrected chi connectivity index (χ4v) is 2.75. The van der Waals surface area contributed by atoms with Gasteiger partial charge in [0.2, 0.25) is 0 Å². The van der Waals surface area contributed by atoms with Gasteiger partial charge >= 0.3 is 0 Å². The number of hydrogen-bond acceptors (Lipinski definition) is 4. The van der Waals surface area contributed by atoms with Gasteiger partial charge in [-0.3, -0.25) is 4.98 Å². The van der Waals surface area contributed by atoms with Gasteiger partial charge in [-0.25, -0.2) is 0 Å². The van der Waals surface area contributed by atoms with Crippen molar-refractivity contribution < 1.29 is 4.74 Å². The highest BCUT2D eigenvalue weighted by molar-refractivity contribution is 7.10. The average Bonchev–Trinajstić information content (AvgIpc) is 2.99. The number of pyridine rings is 1. The van der Waals surface area contributed by atoms with Crippen LogP contribution in [0.25, 0.3) is 10.9 Å². The Bertz CT molecular complexity index is 809. The molecule has 0 bridgehead atoms. The van der Waals surface area contributed by atoms with Crippen LogP contribution in [0.3, 0.4) is 0 Å². The molecule has 0 amide bonds. The maximum absolute atomic E-state index is 5.92. The van der Waals surface area contributed by atoms with Crippen LogP contribution in [0.1, 0.15) is 10.4 Å². The van der Waals surface area contributed by atoms with Crippen molar-refractivity contribution in [1.29, 1.82) is 0 Å². The molecule has 0 fully saturated rings. The lowest BCUT2D eigenvalue weighted by Gasteiger charge is -2.07. The summed E-state index contributed by atoms with van der Waals surface area (Å²) in [5.41, 5.74) is 7.30. The maximum Gasteiger partial charge on any atom is 0.129 e. The van der Waals surface area contributed by atoms with E-state index in [1.165, 1.54) is 0 Å². The first-order valence-corrected chi connectivity index (χ1v) is 7.47. The van der Waals surface area contributed by atoms with Crippen molar-refractivity contribution in [2.75, 3.05) is 6.54 Å². The molecule has 0 saturated heterocycles. The molecule has 0 aliphatic rings. The number of fused-ring (bicyclic) bond motifs is 1. The first kappa shape index (κ1) is 13.6. The van der Waals surface area contributed by atoms with Gasteiger partial charge in [-0.05, 0) is 30.3 Å². The zero-order valence-electron chi connectivity index (χ0n) is 11.4. The quantitative estimate of drug-likeness (QED) is 0.755. The second kappa shape index (κ2) is 6.40. The molecule has 21 heavy (non-hydrogen) atoms. The van der Waals surface area contributed by atoms with Crippen LogP contribution in [0.15, 0.2) is 48.0 Å². The Morgan fingerprint density at radius 3 is 3.10 bits per heavy atom. The molecule has 0 unspecified atom stereocenters. The molecular formula is C17H14N2OS. The van der Waals surface area contributed by atoms with Crippen molar-refractivity contribution in [3.05, 3.63) is 58.4 Å². The lowest BCUT2D eigenvalue weighted by molar-refractivity contribution is 0.313. The van der Waals surface area contributed by atoms with Gasteiger partial charge in [-0.1, -0.05) is 17.9 Å². The van der Waals surface area contributed by atoms with E-state index in [1.54, 1.807) is 17.5 Å². The molecule has 2 aromatic heterocycles. The number of rotatable bonds is 3. The number of benzene rings is 1. The fourth-order valence-electron chi connectivity index (χ4n) is 2.02. The fraction of sp³-hybridized carbons (Fsp3) is 0.118. The second-order valence-electron chi connectivity index (χ2n) is 4.42. The highest BCUT2D eigenvalue weighted by Gasteiger charge is 2.04. The van der Waals surface area contributed by atoms with Gasteiger partial charge in [0.15, 0.2) is 0 Å². The van der Waals surface area contributed by atoms with Gasteiger partial charge in [-0.15, -0.1) is 11.3 Å². The van der Waals surface area contributed by atoms with Gasteiger partial charge in [-0.2, -0.15) is 0 Å². The predicted octanol–water partition coefficient (Wildman–Crippen LogP) is 3.19. The third-order valence-corrected chi connectivity index (χ3v) is 3.87. The minimum atomic E-state index is 0.380. The molecule has 0 radical (unpaired) electrons. The van der Waals surface area contributed by atoms with Gasteiger partial charge < -0.3 is 10.5 Å². The van der Waals surface area contributed by atoms with E-state index in [-0.39, 0.29) is 0 Å². The molecule has 0 aliphatic heterocycles. The Balaban J connectivity index is 1.76. The second-order valence-corrected chi connectivity index (χ2v) is 5.42. The van der Waals surface area contributed by atoms with Crippen LogP contribution in [0.5, 0.6) is 5.75 Å². The average molecular weight is 294 g/mol. The molecule has 3 aromatic rings. The SMILES string of the molecule is NCC#Cc1csc(COc2cccc3ncccc23)c1. The van der Waals surface area contributed by atoms with Gasteiger partial charge in [0.25, 0.3) is 0 Å². The summed E-state index contributed by atoms with van der Waals surface area (Å²) in [6.07, 6.45) is 1.79. The van der Waals surface area contributed by atoms with E-state index in [2.05, 4.69) is 16.8 Å². The topological polar surface area (TPSA) is 48.1 Å². The van der Waals surface area contributed by atoms with Crippen LogP contribution in [-0.2, 0) is 6.61 Å². The summed E-state index contributed by atoms with van der Waals surface area (Å²) in [7, 11) is 0. The van der Waals surface area contributed by atoms with Crippen molar-refractivity contribution in [2.45, 2.75) is 6.61 Å². The summed E-state index contributed by atoms with van der Waals surface area (Å²) in [6, 6.07) is 11.9. The first-order valence-electron chi connectivity index (χ1n) is 6.60. The summed E-state index contributed by atoms with van der Waals surface area (Å²) in [5.74, 6) is 6.72. The van der Waals surface area contributed by atoms with Gasteiger partial charge in [0.05, 0.1) is 12.1 Å². The highest BCUT2D eigenvalue weighted by atomic mass is 32.1. The maximum atomic E-state index is 5.92. The molecule has 2 N–H and O–H groups in total. The van der Waals surface area contributed by atoms with Crippen molar-refractivity contribution in [3.63, 3.8) is 0 Å². The Kier molecular flexibility index (Phi) is 4.15. The van der Waals surface area contributed by atoms with Gasteiger partial charge in [0.1, 0.15) is 12.4 Å². The predicted molar refractivity (Wildman–Crippen MR) is 86.3 cm³/mol. The van der Waals surface area contributed by atoms with E-state index in [4.69, 9.17) is 10.5 Å². The molecule has 4 heteroatoms. The molecular weight excluding hydrogens is 280 g/mol. The summed E-state index contributed by atoms with van der Waals surface area (Å²) in [6.45, 7) is 0.910. The van der Waals surface area contributed by atoms with Crippen molar-refractivity contribution in [3.8, 4) is 17.6 Å². The number of nitrogens with zero attached hydrogens (tertiary/aromatic N) is 1. The molecule has 104 valence electrons. The van der Waals surface area contributed by atoms with E-state index in [9.17, 15) is 0 Å². The van der Waals surface area contributed by atoms with Crippen LogP contribution >= 0.6 is 11.3 Å². The summed E-state index contributed by atoms with van der Waals surface area (Å²) >= 11 is 1.64. The summed E-state index contributed by atoms with van der Waals surface area (Å²) in [5, 5.41) is 3.05. The van der Waals surface area contributed by atoms with Crippen LogP contribution < -0.4 is 10.5 Å². The normalized spacial score (nSPS) is 10.1. The lowest BCUT2D eigenvalue weighted by Crippen LogP contribution is -1.94. The lowest BCUT2D eigenvalue weighted by atomic mass is 10.2. The van der Waals surface area contributed by atoms with E-state index in [0.717, 1.165) is 27.1 Å². The minimum absolute atomic E-state index is 0.380. The van der Waals surface area contributed by atoms with Crippen LogP contribution in [0.2, 0.25) is 0 Å². The van der Waals surface area contributed by atoms with Crippen molar-refractivity contribution in [2.24, 2.45) is 5.73 Å². The zero-order chi connectivity index (χ0) is 14.5. The number of aromatic nitrogens is 1. The smallest absolute Gasteiger partial charge is 0.129 e. The number of hydrogen-bond donors (Lipinski definition) is 1. The number of nitrogens with two attached hydrogens (primary N) is 1. The Morgan fingerprint density at radius 2 is 2.19 bits per heavy atom. The van der Waals surface area contributed by atoms with Gasteiger partial charge in [0, 0.05) is 27.4 Å². The summed E-state index contributed by atoms with van der Waals surface area (Å²) in [4.78, 5) is 5.46. The molecule has 0 spiro atoms. The number of ether oxygens (including phenoxy) is 1. The minimum Gasteiger partial charge on any atom is -0.487 e. The largest absolute Gasteiger partial charge is 0.487 e. The molecule has 3 rings (SSSR count). The van der Waals surface area contributed by atoms with Crippen molar-refractivity contribution in [1.82, 2.24) is 4.98 Å². The standard InChI is InChI=1S/C17H14N2OS/c18-8-2-4-13-10-14(21-12-13)11-20-17-7-1-6-16-15(17)5-3-9-19-16/h1,3,5-7,9-10,12H,8,11,18H2. The molecule has 0 aliphatic carbocycles. The zero-order valence-corrected chi connectivity index (χ0v) is 12.2. The van der Waals surface area contributed by atoms with E-state index >= 15 is 0 Å². The van der Waals surface area contributed by atoms with Crippen LogP contribution in [0, 0.1) is 11.8 Å². The molecule has 0 atom stereocenters. The first-order chi connectivity index (χ1) is 10.4. The molecule has 1 aromatic carbocycles. The van der Waals surface area contributed by atoms with Crippen molar-refractivity contribution >= 4 is 22.2 Å². The van der Waals surface area contributed by atoms with E-state index < -0.39 is 0 Å². The monoisotopic (exact) mass is 294 g/mol. The van der Waals surface area contributed by atoms with Crippen LogP contribution in [-0.4, -0.2) is 11.5 Å². The molecule has 3 nitrogen and oxygen atoms in total. The van der Waals surface area contributed by atoms with Crippen LogP contribution in [0.4, 0.5) is 0 Å². The third-order valence-electron chi connectivity index (χ3n) is 2.96. The summed E-state index contributed by atoms with van der Waals surface area (Å²) < 4.78 is 5.92. The number of thiophene rings is 1. The third kappa shape index (κ3) is 3.22. The van der Waals surface area contributed by atoms with E-state index in [0.29, 0.717) is 13.2 Å². The Morgan fingerprint density at radius 1 is 1.24 bits per heavy atom. The highest BCUT2D eigenvalue weighted by Crippen LogP contribution is 2.25. The van der Waals surface area contributed by atoms with E-state index in [1.807, 2.05) is 41.8 Å². The molecule has 2 heterocycles. The Labute approximate surface area is 127 Å². The molecule has 0 saturated carbocycles.